The molecule has 1 aliphatic carbocycles. The molecule has 0 aliphatic heterocycles. The molecular formula is C16H22BrClFN. The zero-order valence-electron chi connectivity index (χ0n) is 12.3. The van der Waals surface area contributed by atoms with Crippen LogP contribution in [0.2, 0.25) is 5.02 Å². The van der Waals surface area contributed by atoms with Gasteiger partial charge in [0.05, 0.1) is 5.02 Å². The van der Waals surface area contributed by atoms with E-state index in [4.69, 9.17) is 11.6 Å². The minimum Gasteiger partial charge on any atom is -0.310 e. The maximum absolute atomic E-state index is 14.3. The third kappa shape index (κ3) is 3.37. The molecular weight excluding hydrogens is 341 g/mol. The summed E-state index contributed by atoms with van der Waals surface area (Å²) in [6, 6.07) is 1.62. The van der Waals surface area contributed by atoms with Gasteiger partial charge in [0, 0.05) is 10.5 Å². The highest BCUT2D eigenvalue weighted by Gasteiger charge is 2.32. The quantitative estimate of drug-likeness (QED) is 0.541. The molecule has 2 rings (SSSR count). The van der Waals surface area contributed by atoms with E-state index in [0.29, 0.717) is 9.50 Å². The summed E-state index contributed by atoms with van der Waals surface area (Å²) in [7, 11) is 0. The fraction of sp³-hybridized carbons (Fsp3) is 0.625. The normalized spacial score (nSPS) is 21.4. The average Bonchev–Trinajstić information content (AvgIpc) is 2.50. The molecule has 0 saturated carbocycles. The molecule has 0 heterocycles. The second-order valence-electron chi connectivity index (χ2n) is 6.42. The van der Waals surface area contributed by atoms with Crippen LogP contribution in [0.25, 0.3) is 0 Å². The molecule has 1 nitrogen and oxygen atoms in total. The van der Waals surface area contributed by atoms with E-state index in [-0.39, 0.29) is 17.3 Å². The number of benzene rings is 1. The van der Waals surface area contributed by atoms with Crippen molar-refractivity contribution in [2.45, 2.75) is 52.5 Å². The van der Waals surface area contributed by atoms with Crippen LogP contribution in [0.5, 0.6) is 0 Å². The molecule has 1 atom stereocenters. The maximum Gasteiger partial charge on any atom is 0.127 e. The van der Waals surface area contributed by atoms with Gasteiger partial charge in [-0.1, -0.05) is 32.4 Å². The number of hydrogen-bond donors (Lipinski definition) is 1. The molecule has 4 heteroatoms. The summed E-state index contributed by atoms with van der Waals surface area (Å²) in [6.07, 6.45) is 3.78. The first-order valence-corrected chi connectivity index (χ1v) is 8.42. The van der Waals surface area contributed by atoms with E-state index in [1.54, 1.807) is 0 Å². The lowest BCUT2D eigenvalue weighted by molar-refractivity contribution is 0.273. The smallest absolute Gasteiger partial charge is 0.127 e. The van der Waals surface area contributed by atoms with E-state index >= 15 is 0 Å². The van der Waals surface area contributed by atoms with Gasteiger partial charge in [-0.25, -0.2) is 4.39 Å². The summed E-state index contributed by atoms with van der Waals surface area (Å²) in [6.45, 7) is 7.56. The van der Waals surface area contributed by atoms with Crippen molar-refractivity contribution in [3.05, 3.63) is 32.5 Å². The highest BCUT2D eigenvalue weighted by Crippen LogP contribution is 2.44. The van der Waals surface area contributed by atoms with E-state index in [1.165, 1.54) is 6.07 Å². The Hall–Kier alpha value is -0.120. The molecule has 0 fully saturated rings. The SMILES string of the molecule is CCCNC1CC(C)(C)CCc2c(F)cc(Br)c(Cl)c21. The van der Waals surface area contributed by atoms with Gasteiger partial charge in [0.1, 0.15) is 5.82 Å². The molecule has 20 heavy (non-hydrogen) atoms. The molecule has 0 aromatic heterocycles. The molecule has 1 aromatic carbocycles. The Kier molecular flexibility index (Phi) is 5.14. The third-order valence-electron chi connectivity index (χ3n) is 4.11. The van der Waals surface area contributed by atoms with Gasteiger partial charge >= 0.3 is 0 Å². The zero-order chi connectivity index (χ0) is 14.9. The van der Waals surface area contributed by atoms with Crippen molar-refractivity contribution in [3.8, 4) is 0 Å². The van der Waals surface area contributed by atoms with Gasteiger partial charge in [-0.05, 0) is 70.8 Å². The predicted octanol–water partition coefficient (Wildman–Crippen LogP) is 5.64. The summed E-state index contributed by atoms with van der Waals surface area (Å²) in [4.78, 5) is 0. The Morgan fingerprint density at radius 1 is 1.50 bits per heavy atom. The van der Waals surface area contributed by atoms with Gasteiger partial charge in [0.25, 0.3) is 0 Å². The Morgan fingerprint density at radius 3 is 2.85 bits per heavy atom. The Bertz CT molecular complexity index is 502. The second kappa shape index (κ2) is 6.33. The minimum atomic E-state index is -0.141. The summed E-state index contributed by atoms with van der Waals surface area (Å²) < 4.78 is 15.0. The number of nitrogens with one attached hydrogen (secondary N) is 1. The number of halogens is 3. The van der Waals surface area contributed by atoms with Gasteiger partial charge in [-0.3, -0.25) is 0 Å². The van der Waals surface area contributed by atoms with Crippen LogP contribution in [0.3, 0.4) is 0 Å². The van der Waals surface area contributed by atoms with Crippen LogP contribution in [0.4, 0.5) is 4.39 Å². The van der Waals surface area contributed by atoms with Crippen LogP contribution in [-0.4, -0.2) is 6.54 Å². The monoisotopic (exact) mass is 361 g/mol. The highest BCUT2D eigenvalue weighted by molar-refractivity contribution is 9.10. The summed E-state index contributed by atoms with van der Waals surface area (Å²) in [5.74, 6) is -0.141. The molecule has 1 aromatic rings. The molecule has 0 radical (unpaired) electrons. The Balaban J connectivity index is 2.51. The summed E-state index contributed by atoms with van der Waals surface area (Å²) >= 11 is 9.84. The Labute approximate surface area is 134 Å². The minimum absolute atomic E-state index is 0.127. The van der Waals surface area contributed by atoms with E-state index in [9.17, 15) is 4.39 Å². The number of hydrogen-bond acceptors (Lipinski definition) is 1. The average molecular weight is 363 g/mol. The van der Waals surface area contributed by atoms with Crippen LogP contribution < -0.4 is 5.32 Å². The fourth-order valence-corrected chi connectivity index (χ4v) is 3.70. The molecule has 1 unspecified atom stereocenters. The lowest BCUT2D eigenvalue weighted by Gasteiger charge is -2.28. The standard InChI is InChI=1S/C16H22BrClFN/c1-4-7-20-13-9-16(2,3)6-5-10-12(19)8-11(17)15(18)14(10)13/h8,13,20H,4-7,9H2,1-3H3. The van der Waals surface area contributed by atoms with Crippen molar-refractivity contribution in [3.63, 3.8) is 0 Å². The van der Waals surface area contributed by atoms with Gasteiger partial charge in [0.15, 0.2) is 0 Å². The van der Waals surface area contributed by atoms with Gasteiger partial charge < -0.3 is 5.32 Å². The lowest BCUT2D eigenvalue weighted by Crippen LogP contribution is -2.27. The van der Waals surface area contributed by atoms with E-state index in [2.05, 4.69) is 42.0 Å². The van der Waals surface area contributed by atoms with E-state index in [0.717, 1.165) is 43.4 Å². The van der Waals surface area contributed by atoms with Crippen LogP contribution in [-0.2, 0) is 6.42 Å². The molecule has 0 bridgehead atoms. The predicted molar refractivity (Wildman–Crippen MR) is 86.9 cm³/mol. The molecule has 1 aliphatic rings. The topological polar surface area (TPSA) is 12.0 Å². The van der Waals surface area contributed by atoms with Crippen molar-refractivity contribution in [1.29, 1.82) is 0 Å². The molecule has 0 amide bonds. The first kappa shape index (κ1) is 16.3. The molecule has 0 spiro atoms. The number of fused-ring (bicyclic) bond motifs is 1. The second-order valence-corrected chi connectivity index (χ2v) is 7.65. The first-order chi connectivity index (χ1) is 9.35. The third-order valence-corrected chi connectivity index (χ3v) is 5.37. The van der Waals surface area contributed by atoms with E-state index < -0.39 is 0 Å². The lowest BCUT2D eigenvalue weighted by atomic mass is 9.83. The van der Waals surface area contributed by atoms with Crippen LogP contribution in [0, 0.1) is 11.2 Å². The van der Waals surface area contributed by atoms with Crippen molar-refractivity contribution in [1.82, 2.24) is 5.32 Å². The van der Waals surface area contributed by atoms with Gasteiger partial charge in [-0.15, -0.1) is 0 Å². The van der Waals surface area contributed by atoms with Crippen molar-refractivity contribution in [2.24, 2.45) is 5.41 Å². The Morgan fingerprint density at radius 2 is 2.20 bits per heavy atom. The fourth-order valence-electron chi connectivity index (χ4n) is 2.98. The summed E-state index contributed by atoms with van der Waals surface area (Å²) in [5, 5.41) is 4.21. The number of rotatable bonds is 3. The van der Waals surface area contributed by atoms with Crippen LogP contribution in [0.1, 0.15) is 57.2 Å². The van der Waals surface area contributed by atoms with Crippen molar-refractivity contribution >= 4 is 27.5 Å². The summed E-state index contributed by atoms with van der Waals surface area (Å²) in [5.41, 5.74) is 1.93. The van der Waals surface area contributed by atoms with Crippen LogP contribution >= 0.6 is 27.5 Å². The van der Waals surface area contributed by atoms with E-state index in [1.807, 2.05) is 0 Å². The largest absolute Gasteiger partial charge is 0.310 e. The van der Waals surface area contributed by atoms with Crippen LogP contribution in [0.15, 0.2) is 10.5 Å². The van der Waals surface area contributed by atoms with Crippen molar-refractivity contribution in [2.75, 3.05) is 6.54 Å². The maximum atomic E-state index is 14.3. The first-order valence-electron chi connectivity index (χ1n) is 7.25. The zero-order valence-corrected chi connectivity index (χ0v) is 14.7. The molecule has 0 saturated heterocycles. The van der Waals surface area contributed by atoms with Gasteiger partial charge in [-0.2, -0.15) is 0 Å². The molecule has 1 N–H and O–H groups in total. The molecule has 112 valence electrons. The van der Waals surface area contributed by atoms with Gasteiger partial charge in [0.2, 0.25) is 0 Å². The highest BCUT2D eigenvalue weighted by atomic mass is 79.9. The van der Waals surface area contributed by atoms with Crippen molar-refractivity contribution < 1.29 is 4.39 Å².